The van der Waals surface area contributed by atoms with Gasteiger partial charge in [0.15, 0.2) is 0 Å². The van der Waals surface area contributed by atoms with E-state index in [-0.39, 0.29) is 11.7 Å². The molecule has 4 heteroatoms. The third kappa shape index (κ3) is 2.72. The predicted molar refractivity (Wildman–Crippen MR) is 76.4 cm³/mol. The van der Waals surface area contributed by atoms with E-state index in [1.54, 1.807) is 30.5 Å². The van der Waals surface area contributed by atoms with Crippen molar-refractivity contribution < 1.29 is 9.59 Å². The molecule has 0 saturated heterocycles. The van der Waals surface area contributed by atoms with Crippen LogP contribution in [0.4, 0.5) is 0 Å². The lowest BCUT2D eigenvalue weighted by Gasteiger charge is -2.04. The maximum atomic E-state index is 12.1. The van der Waals surface area contributed by atoms with Crippen LogP contribution in [0.1, 0.15) is 28.8 Å². The van der Waals surface area contributed by atoms with Crippen molar-refractivity contribution in [1.29, 1.82) is 5.26 Å². The predicted octanol–water partition coefficient (Wildman–Crippen LogP) is 2.78. The number of pyridine rings is 1. The minimum absolute atomic E-state index is 0.0789. The molecule has 1 aliphatic carbocycles. The van der Waals surface area contributed by atoms with Gasteiger partial charge in [-0.2, -0.15) is 5.26 Å². The molecule has 1 aliphatic rings. The summed E-state index contributed by atoms with van der Waals surface area (Å²) in [5.74, 6) is -0.801. The third-order valence-corrected chi connectivity index (χ3v) is 3.50. The van der Waals surface area contributed by atoms with Gasteiger partial charge in [0, 0.05) is 29.4 Å². The normalized spacial score (nSPS) is 13.5. The van der Waals surface area contributed by atoms with E-state index in [2.05, 4.69) is 4.98 Å². The molecule has 1 aromatic heterocycles. The van der Waals surface area contributed by atoms with Gasteiger partial charge in [0.2, 0.25) is 11.6 Å². The Kier molecular flexibility index (Phi) is 3.33. The zero-order valence-electron chi connectivity index (χ0n) is 11.2. The van der Waals surface area contributed by atoms with Crippen molar-refractivity contribution in [2.24, 2.45) is 5.92 Å². The Labute approximate surface area is 122 Å². The van der Waals surface area contributed by atoms with Crippen LogP contribution in [0.2, 0.25) is 0 Å². The van der Waals surface area contributed by atoms with Crippen LogP contribution in [0.15, 0.2) is 42.7 Å². The lowest BCUT2D eigenvalue weighted by atomic mass is 9.99. The highest BCUT2D eigenvalue weighted by atomic mass is 16.2. The number of Topliss-reactive ketones (excluding diaryl/α,β-unsaturated/α-hetero) is 2. The fourth-order valence-electron chi connectivity index (χ4n) is 2.17. The number of ketones is 2. The van der Waals surface area contributed by atoms with Crippen LogP contribution < -0.4 is 0 Å². The number of benzene rings is 1. The summed E-state index contributed by atoms with van der Waals surface area (Å²) in [4.78, 5) is 28.0. The maximum Gasteiger partial charge on any atom is 0.228 e. The summed E-state index contributed by atoms with van der Waals surface area (Å²) in [7, 11) is 0. The molecule has 0 aliphatic heterocycles. The summed E-state index contributed by atoms with van der Waals surface area (Å²) in [6.45, 7) is 0. The van der Waals surface area contributed by atoms with Crippen LogP contribution >= 0.6 is 0 Å². The standard InChI is InChI=1S/C17H12N2O2/c18-8-11-6-15(10-19-9-11)13-2-1-3-14(7-13)17(21)16(20)12-4-5-12/h1-3,6-7,9-10,12H,4-5H2. The van der Waals surface area contributed by atoms with Gasteiger partial charge in [-0.05, 0) is 30.5 Å². The first-order valence-corrected chi connectivity index (χ1v) is 6.73. The van der Waals surface area contributed by atoms with Gasteiger partial charge in [-0.1, -0.05) is 18.2 Å². The molecule has 1 saturated carbocycles. The highest BCUT2D eigenvalue weighted by molar-refractivity contribution is 6.44. The number of nitrogens with zero attached hydrogens (tertiary/aromatic N) is 2. The Morgan fingerprint density at radius 1 is 1.14 bits per heavy atom. The molecule has 1 fully saturated rings. The molecule has 0 radical (unpaired) electrons. The number of aromatic nitrogens is 1. The van der Waals surface area contributed by atoms with Crippen molar-refractivity contribution >= 4 is 11.6 Å². The second-order valence-electron chi connectivity index (χ2n) is 5.12. The van der Waals surface area contributed by atoms with Crippen molar-refractivity contribution in [1.82, 2.24) is 4.98 Å². The van der Waals surface area contributed by atoms with E-state index in [0.717, 1.165) is 24.0 Å². The van der Waals surface area contributed by atoms with Crippen LogP contribution in [0.3, 0.4) is 0 Å². The van der Waals surface area contributed by atoms with E-state index in [1.165, 1.54) is 6.20 Å². The van der Waals surface area contributed by atoms with Gasteiger partial charge < -0.3 is 0 Å². The van der Waals surface area contributed by atoms with Crippen molar-refractivity contribution in [3.8, 4) is 17.2 Å². The number of carbonyl (C=O) groups is 2. The zero-order valence-corrected chi connectivity index (χ0v) is 11.2. The smallest absolute Gasteiger partial charge is 0.228 e. The fourth-order valence-corrected chi connectivity index (χ4v) is 2.17. The zero-order chi connectivity index (χ0) is 14.8. The van der Waals surface area contributed by atoms with E-state index in [1.807, 2.05) is 12.1 Å². The summed E-state index contributed by atoms with van der Waals surface area (Å²) in [5.41, 5.74) is 2.38. The second-order valence-corrected chi connectivity index (χ2v) is 5.12. The summed E-state index contributed by atoms with van der Waals surface area (Å²) in [6, 6.07) is 10.6. The Hall–Kier alpha value is -2.80. The molecular weight excluding hydrogens is 264 g/mol. The molecule has 1 aromatic carbocycles. The highest BCUT2D eigenvalue weighted by Crippen LogP contribution is 2.31. The first-order chi connectivity index (χ1) is 10.2. The number of carbonyl (C=O) groups excluding carboxylic acids is 2. The molecular formula is C17H12N2O2. The van der Waals surface area contributed by atoms with Crippen molar-refractivity contribution in [3.63, 3.8) is 0 Å². The van der Waals surface area contributed by atoms with Crippen LogP contribution in [-0.4, -0.2) is 16.6 Å². The van der Waals surface area contributed by atoms with Crippen molar-refractivity contribution in [3.05, 3.63) is 53.9 Å². The molecule has 0 amide bonds. The first-order valence-electron chi connectivity index (χ1n) is 6.73. The third-order valence-electron chi connectivity index (χ3n) is 3.50. The number of hydrogen-bond acceptors (Lipinski definition) is 4. The number of hydrogen-bond donors (Lipinski definition) is 0. The Morgan fingerprint density at radius 2 is 1.95 bits per heavy atom. The van der Waals surface area contributed by atoms with Crippen LogP contribution in [0.25, 0.3) is 11.1 Å². The quantitative estimate of drug-likeness (QED) is 0.636. The van der Waals surface area contributed by atoms with Gasteiger partial charge in [0.05, 0.1) is 5.56 Å². The SMILES string of the molecule is N#Cc1cncc(-c2cccc(C(=O)C(=O)C3CC3)c2)c1. The molecule has 1 heterocycles. The molecule has 102 valence electrons. The highest BCUT2D eigenvalue weighted by Gasteiger charge is 2.34. The average Bonchev–Trinajstić information content (AvgIpc) is 3.38. The summed E-state index contributed by atoms with van der Waals surface area (Å²) < 4.78 is 0. The summed E-state index contributed by atoms with van der Waals surface area (Å²) >= 11 is 0. The van der Waals surface area contributed by atoms with E-state index in [0.29, 0.717) is 11.1 Å². The van der Waals surface area contributed by atoms with E-state index in [4.69, 9.17) is 5.26 Å². The Morgan fingerprint density at radius 3 is 2.67 bits per heavy atom. The van der Waals surface area contributed by atoms with Crippen LogP contribution in [0, 0.1) is 17.2 Å². The molecule has 0 unspecified atom stereocenters. The van der Waals surface area contributed by atoms with Crippen LogP contribution in [-0.2, 0) is 4.79 Å². The second kappa shape index (κ2) is 5.29. The van der Waals surface area contributed by atoms with Gasteiger partial charge in [0.1, 0.15) is 6.07 Å². The van der Waals surface area contributed by atoms with E-state index < -0.39 is 5.78 Å². The number of rotatable bonds is 4. The van der Waals surface area contributed by atoms with E-state index >= 15 is 0 Å². The lowest BCUT2D eigenvalue weighted by Crippen LogP contribution is -2.15. The molecule has 4 nitrogen and oxygen atoms in total. The van der Waals surface area contributed by atoms with Gasteiger partial charge in [-0.25, -0.2) is 0 Å². The monoisotopic (exact) mass is 276 g/mol. The number of nitriles is 1. The lowest BCUT2D eigenvalue weighted by molar-refractivity contribution is -0.116. The maximum absolute atomic E-state index is 12.1. The average molecular weight is 276 g/mol. The topological polar surface area (TPSA) is 70.8 Å². The Bertz CT molecular complexity index is 770. The fraction of sp³-hybridized carbons (Fsp3) is 0.176. The minimum Gasteiger partial charge on any atom is -0.290 e. The molecule has 21 heavy (non-hydrogen) atoms. The molecule has 2 aromatic rings. The van der Waals surface area contributed by atoms with Gasteiger partial charge in [-0.3, -0.25) is 14.6 Å². The van der Waals surface area contributed by atoms with E-state index in [9.17, 15) is 9.59 Å². The molecule has 3 rings (SSSR count). The first kappa shape index (κ1) is 13.2. The van der Waals surface area contributed by atoms with Crippen LogP contribution in [0.5, 0.6) is 0 Å². The molecule has 0 bridgehead atoms. The molecule has 0 spiro atoms. The van der Waals surface area contributed by atoms with Gasteiger partial charge in [-0.15, -0.1) is 0 Å². The molecule has 0 N–H and O–H groups in total. The largest absolute Gasteiger partial charge is 0.290 e. The minimum atomic E-state index is -0.427. The van der Waals surface area contributed by atoms with Gasteiger partial charge >= 0.3 is 0 Å². The van der Waals surface area contributed by atoms with Crippen molar-refractivity contribution in [2.45, 2.75) is 12.8 Å². The van der Waals surface area contributed by atoms with Gasteiger partial charge in [0.25, 0.3) is 0 Å². The molecule has 0 atom stereocenters. The Balaban J connectivity index is 1.94. The van der Waals surface area contributed by atoms with Crippen molar-refractivity contribution in [2.75, 3.05) is 0 Å². The summed E-state index contributed by atoms with van der Waals surface area (Å²) in [5, 5.41) is 8.90. The summed E-state index contributed by atoms with van der Waals surface area (Å²) in [6.07, 6.45) is 4.75.